The molecule has 0 atom stereocenters. The summed E-state index contributed by atoms with van der Waals surface area (Å²) in [6, 6.07) is 21.8. The van der Waals surface area contributed by atoms with E-state index in [4.69, 9.17) is 4.74 Å². The van der Waals surface area contributed by atoms with Crippen molar-refractivity contribution in [3.8, 4) is 5.75 Å². The Bertz CT molecular complexity index is 898. The third kappa shape index (κ3) is 6.21. The van der Waals surface area contributed by atoms with Crippen LogP contribution in [-0.2, 0) is 13.0 Å². The fourth-order valence-electron chi connectivity index (χ4n) is 2.82. The summed E-state index contributed by atoms with van der Waals surface area (Å²) in [5.74, 6) is 2.00. The molecule has 0 aliphatic heterocycles. The lowest BCUT2D eigenvalue weighted by Gasteiger charge is -2.05. The first-order chi connectivity index (χ1) is 13.2. The Hall–Kier alpha value is -2.11. The van der Waals surface area contributed by atoms with Gasteiger partial charge in [0.25, 0.3) is 0 Å². The lowest BCUT2D eigenvalue weighted by molar-refractivity contribution is -0.689. The number of rotatable bonds is 8. The number of aromatic nitrogens is 1. The van der Waals surface area contributed by atoms with Crippen LogP contribution in [0.15, 0.2) is 77.8 Å². The molecule has 0 spiro atoms. The second-order valence-electron chi connectivity index (χ2n) is 6.37. The molecule has 28 heavy (non-hydrogen) atoms. The molecule has 0 N–H and O–H groups in total. The summed E-state index contributed by atoms with van der Waals surface area (Å²) in [5, 5.41) is 0. The van der Waals surface area contributed by atoms with Gasteiger partial charge in [0.05, 0.1) is 7.11 Å². The normalized spacial score (nSPS) is 10.2. The van der Waals surface area contributed by atoms with Crippen LogP contribution in [0.25, 0.3) is 0 Å². The Balaban J connectivity index is 0.00000280. The zero-order valence-corrected chi connectivity index (χ0v) is 18.5. The lowest BCUT2D eigenvalue weighted by Crippen LogP contribution is -3.00. The van der Waals surface area contributed by atoms with Crippen LogP contribution < -0.4 is 26.3 Å². The van der Waals surface area contributed by atoms with Crippen molar-refractivity contribution in [3.05, 3.63) is 89.7 Å². The van der Waals surface area contributed by atoms with E-state index >= 15 is 0 Å². The highest BCUT2D eigenvalue weighted by Crippen LogP contribution is 2.22. The van der Waals surface area contributed by atoms with Crippen molar-refractivity contribution in [2.75, 3.05) is 12.9 Å². The number of hydrogen-bond acceptors (Lipinski definition) is 3. The SMILES string of the molecule is COc1ccc(SCCc2ccc(C)[n+](CC(=O)c3ccccc3)c2)cc1.[Br-]. The van der Waals surface area contributed by atoms with E-state index in [1.54, 1.807) is 7.11 Å². The summed E-state index contributed by atoms with van der Waals surface area (Å²) in [5.41, 5.74) is 3.08. The van der Waals surface area contributed by atoms with Gasteiger partial charge in [0.1, 0.15) is 5.75 Å². The van der Waals surface area contributed by atoms with Gasteiger partial charge in [-0.05, 0) is 36.8 Å². The molecular formula is C23H24BrNO2S. The van der Waals surface area contributed by atoms with Crippen molar-refractivity contribution >= 4 is 17.5 Å². The highest BCUT2D eigenvalue weighted by Gasteiger charge is 2.15. The van der Waals surface area contributed by atoms with Crippen LogP contribution in [0.2, 0.25) is 0 Å². The molecule has 5 heteroatoms. The number of carbonyl (C=O) groups excluding carboxylic acids is 1. The molecule has 0 bridgehead atoms. The molecule has 3 aromatic rings. The summed E-state index contributed by atoms with van der Waals surface area (Å²) >= 11 is 1.82. The highest BCUT2D eigenvalue weighted by molar-refractivity contribution is 7.99. The van der Waals surface area contributed by atoms with Gasteiger partial charge in [-0.15, -0.1) is 11.8 Å². The van der Waals surface area contributed by atoms with Crippen molar-refractivity contribution in [1.82, 2.24) is 0 Å². The summed E-state index contributed by atoms with van der Waals surface area (Å²) in [6.07, 6.45) is 3.06. The number of ether oxygens (including phenoxy) is 1. The summed E-state index contributed by atoms with van der Waals surface area (Å²) in [6.45, 7) is 2.41. The van der Waals surface area contributed by atoms with E-state index in [-0.39, 0.29) is 22.8 Å². The monoisotopic (exact) mass is 457 g/mol. The Morgan fingerprint density at radius 2 is 1.71 bits per heavy atom. The van der Waals surface area contributed by atoms with Gasteiger partial charge < -0.3 is 21.7 Å². The van der Waals surface area contributed by atoms with Crippen molar-refractivity contribution < 1.29 is 31.1 Å². The predicted molar refractivity (Wildman–Crippen MR) is 110 cm³/mol. The maximum absolute atomic E-state index is 12.5. The van der Waals surface area contributed by atoms with E-state index in [0.717, 1.165) is 29.2 Å². The molecule has 0 amide bonds. The highest BCUT2D eigenvalue weighted by atomic mass is 79.9. The van der Waals surface area contributed by atoms with Crippen LogP contribution >= 0.6 is 11.8 Å². The number of thioether (sulfide) groups is 1. The van der Waals surface area contributed by atoms with Crippen molar-refractivity contribution in [1.29, 1.82) is 0 Å². The van der Waals surface area contributed by atoms with E-state index in [0.29, 0.717) is 6.54 Å². The van der Waals surface area contributed by atoms with Crippen molar-refractivity contribution in [2.24, 2.45) is 0 Å². The number of benzene rings is 2. The molecule has 0 aliphatic carbocycles. The lowest BCUT2D eigenvalue weighted by atomic mass is 10.1. The Labute approximate surface area is 181 Å². The molecule has 146 valence electrons. The number of ketones is 1. The number of nitrogens with zero attached hydrogens (tertiary/aromatic N) is 1. The average molecular weight is 458 g/mol. The Kier molecular flexibility index (Phi) is 8.74. The maximum atomic E-state index is 12.5. The molecular weight excluding hydrogens is 434 g/mol. The number of halogens is 1. The van der Waals surface area contributed by atoms with Crippen LogP contribution in [0.5, 0.6) is 5.75 Å². The molecule has 0 fully saturated rings. The zero-order chi connectivity index (χ0) is 19.1. The molecule has 3 nitrogen and oxygen atoms in total. The van der Waals surface area contributed by atoms with Crippen LogP contribution in [-0.4, -0.2) is 18.6 Å². The van der Waals surface area contributed by atoms with Crippen molar-refractivity contribution in [3.63, 3.8) is 0 Å². The van der Waals surface area contributed by atoms with Gasteiger partial charge in [-0.2, -0.15) is 4.57 Å². The van der Waals surface area contributed by atoms with Gasteiger partial charge in [-0.1, -0.05) is 30.3 Å². The van der Waals surface area contributed by atoms with Gasteiger partial charge in [-0.3, -0.25) is 4.79 Å². The van der Waals surface area contributed by atoms with E-state index < -0.39 is 0 Å². The molecule has 1 aromatic heterocycles. The first-order valence-corrected chi connectivity index (χ1v) is 9.98. The van der Waals surface area contributed by atoms with Gasteiger partial charge in [0.15, 0.2) is 11.9 Å². The first kappa shape index (κ1) is 22.2. The van der Waals surface area contributed by atoms with E-state index in [2.05, 4.69) is 30.5 Å². The molecule has 0 aliphatic rings. The Morgan fingerprint density at radius 3 is 2.39 bits per heavy atom. The number of methoxy groups -OCH3 is 1. The van der Waals surface area contributed by atoms with Gasteiger partial charge in [-0.25, -0.2) is 0 Å². The first-order valence-electron chi connectivity index (χ1n) is 9.00. The molecule has 0 unspecified atom stereocenters. The quantitative estimate of drug-likeness (QED) is 0.291. The molecule has 0 saturated heterocycles. The smallest absolute Gasteiger partial charge is 0.227 e. The minimum Gasteiger partial charge on any atom is -1.00 e. The molecule has 0 radical (unpaired) electrons. The molecule has 2 aromatic carbocycles. The average Bonchev–Trinajstić information content (AvgIpc) is 2.71. The van der Waals surface area contributed by atoms with E-state index in [9.17, 15) is 4.79 Å². The van der Waals surface area contributed by atoms with Gasteiger partial charge in [0, 0.05) is 34.8 Å². The number of carbonyl (C=O) groups is 1. The number of aryl methyl sites for hydroxylation is 2. The van der Waals surface area contributed by atoms with E-state index in [1.807, 2.05) is 65.7 Å². The summed E-state index contributed by atoms with van der Waals surface area (Å²) < 4.78 is 7.24. The van der Waals surface area contributed by atoms with Gasteiger partial charge in [0.2, 0.25) is 12.3 Å². The second kappa shape index (κ2) is 11.0. The van der Waals surface area contributed by atoms with E-state index in [1.165, 1.54) is 10.5 Å². The second-order valence-corrected chi connectivity index (χ2v) is 7.54. The summed E-state index contributed by atoms with van der Waals surface area (Å²) in [4.78, 5) is 13.7. The minimum atomic E-state index is 0. The number of Topliss-reactive ketones (excluding diaryl/α,β-unsaturated/α-hetero) is 1. The van der Waals surface area contributed by atoms with Crippen LogP contribution in [0.3, 0.4) is 0 Å². The Morgan fingerprint density at radius 1 is 1.00 bits per heavy atom. The standard InChI is InChI=1S/C23H24NO2S.BrH/c1-18-8-9-19(14-15-27-22-12-10-21(26-2)11-13-22)16-24(18)17-23(25)20-6-4-3-5-7-20;/h3-13,16H,14-15,17H2,1-2H3;1H/q+1;/p-1. The van der Waals surface area contributed by atoms with Crippen molar-refractivity contribution in [2.45, 2.75) is 24.8 Å². The van der Waals surface area contributed by atoms with Crippen LogP contribution in [0.4, 0.5) is 0 Å². The maximum Gasteiger partial charge on any atom is 0.227 e. The van der Waals surface area contributed by atoms with Crippen LogP contribution in [0.1, 0.15) is 21.6 Å². The summed E-state index contributed by atoms with van der Waals surface area (Å²) in [7, 11) is 1.68. The fraction of sp³-hybridized carbons (Fsp3) is 0.217. The topological polar surface area (TPSA) is 30.2 Å². The molecule has 3 rings (SSSR count). The fourth-order valence-corrected chi connectivity index (χ4v) is 3.72. The third-order valence-electron chi connectivity index (χ3n) is 4.44. The zero-order valence-electron chi connectivity index (χ0n) is 16.1. The molecule has 1 heterocycles. The minimum absolute atomic E-state index is 0. The third-order valence-corrected chi connectivity index (χ3v) is 5.46. The predicted octanol–water partition coefficient (Wildman–Crippen LogP) is 1.51. The number of hydrogen-bond donors (Lipinski definition) is 0. The molecule has 0 saturated carbocycles. The largest absolute Gasteiger partial charge is 1.00 e. The van der Waals surface area contributed by atoms with Crippen LogP contribution in [0, 0.1) is 6.92 Å². The number of pyridine rings is 1. The van der Waals surface area contributed by atoms with Gasteiger partial charge >= 0.3 is 0 Å².